The Morgan fingerprint density at radius 3 is 2.23 bits per heavy atom. The molecule has 2 aliphatic rings. The predicted molar refractivity (Wildman–Crippen MR) is 161 cm³/mol. The Morgan fingerprint density at radius 2 is 1.38 bits per heavy atom. The van der Waals surface area contributed by atoms with Crippen molar-refractivity contribution in [3.8, 4) is 5.69 Å². The lowest BCUT2D eigenvalue weighted by Crippen LogP contribution is -2.32. The topological polar surface area (TPSA) is 33.4 Å². The van der Waals surface area contributed by atoms with Gasteiger partial charge in [0.15, 0.2) is 0 Å². The van der Waals surface area contributed by atoms with Gasteiger partial charge in [-0.05, 0) is 65.6 Å². The number of nitrogens with zero attached hydrogens (tertiary/aromatic N) is 4. The number of anilines is 2. The van der Waals surface area contributed by atoms with E-state index in [1.165, 1.54) is 44.4 Å². The van der Waals surface area contributed by atoms with Crippen LogP contribution in [-0.4, -0.2) is 21.8 Å². The molecule has 0 bridgehead atoms. The molecule has 4 heteroatoms. The summed E-state index contributed by atoms with van der Waals surface area (Å²) < 4.78 is 2.31. The molecule has 0 radical (unpaired) electrons. The number of pyridine rings is 1. The van der Waals surface area contributed by atoms with Crippen LogP contribution in [-0.2, 0) is 6.42 Å². The van der Waals surface area contributed by atoms with Crippen LogP contribution in [0, 0.1) is 0 Å². The first-order valence-corrected chi connectivity index (χ1v) is 13.4. The summed E-state index contributed by atoms with van der Waals surface area (Å²) >= 11 is 0. The number of hydrogen-bond donors (Lipinski definition) is 0. The van der Waals surface area contributed by atoms with Gasteiger partial charge in [0.1, 0.15) is 0 Å². The van der Waals surface area contributed by atoms with E-state index in [1.54, 1.807) is 0 Å². The molecule has 2 atom stereocenters. The normalized spacial score (nSPS) is 17.6. The predicted octanol–water partition coefficient (Wildman–Crippen LogP) is 7.97. The molecule has 0 N–H and O–H groups in total. The fourth-order valence-corrected chi connectivity index (χ4v) is 6.33. The third-order valence-corrected chi connectivity index (χ3v) is 8.13. The summed E-state index contributed by atoms with van der Waals surface area (Å²) in [5.41, 5.74) is 9.92. The number of para-hydroxylation sites is 2. The zero-order valence-corrected chi connectivity index (χ0v) is 21.4. The van der Waals surface area contributed by atoms with Gasteiger partial charge in [-0.2, -0.15) is 0 Å². The Balaban J connectivity index is 1.07. The van der Waals surface area contributed by atoms with Gasteiger partial charge in [-0.1, -0.05) is 66.7 Å². The molecule has 0 amide bonds. The van der Waals surface area contributed by atoms with Crippen LogP contribution >= 0.6 is 0 Å². The highest BCUT2D eigenvalue weighted by molar-refractivity contribution is 6.08. The minimum atomic E-state index is 0.224. The van der Waals surface area contributed by atoms with Crippen LogP contribution in [0.2, 0.25) is 0 Å². The van der Waals surface area contributed by atoms with E-state index >= 15 is 0 Å². The number of aromatic nitrogens is 2. The molecule has 2 unspecified atom stereocenters. The molecule has 4 heterocycles. The van der Waals surface area contributed by atoms with Gasteiger partial charge in [-0.25, -0.2) is 0 Å². The second-order valence-corrected chi connectivity index (χ2v) is 10.3. The number of fused-ring (bicyclic) bond motifs is 6. The average Bonchev–Trinajstić information content (AvgIpc) is 3.51. The second kappa shape index (κ2) is 8.81. The third kappa shape index (κ3) is 3.52. The maximum atomic E-state index is 4.46. The Labute approximate surface area is 227 Å². The molecule has 0 saturated carbocycles. The first kappa shape index (κ1) is 22.1. The highest BCUT2D eigenvalue weighted by atomic mass is 15.2. The molecule has 2 aromatic heterocycles. The number of hydrogen-bond acceptors (Lipinski definition) is 3. The summed E-state index contributed by atoms with van der Waals surface area (Å²) in [6.45, 7) is 0. The fourth-order valence-electron chi connectivity index (χ4n) is 6.33. The fraction of sp³-hybridized carbons (Fsp3) is 0.0857. The molecule has 8 rings (SSSR count). The molecule has 39 heavy (non-hydrogen) atoms. The van der Waals surface area contributed by atoms with Crippen molar-refractivity contribution in [3.63, 3.8) is 0 Å². The van der Waals surface area contributed by atoms with Crippen molar-refractivity contribution in [1.29, 1.82) is 0 Å². The van der Waals surface area contributed by atoms with E-state index in [0.717, 1.165) is 17.6 Å². The number of benzene rings is 4. The van der Waals surface area contributed by atoms with Crippen LogP contribution in [0.15, 0.2) is 133 Å². The maximum Gasteiger partial charge on any atom is 0.0797 e. The number of aliphatic imine (C=N–C) groups is 1. The minimum Gasteiger partial charge on any atom is -0.332 e. The molecule has 186 valence electrons. The van der Waals surface area contributed by atoms with Gasteiger partial charge in [0.25, 0.3) is 0 Å². The molecular formula is C35H26N4. The first-order chi connectivity index (χ1) is 19.3. The second-order valence-electron chi connectivity index (χ2n) is 10.3. The van der Waals surface area contributed by atoms with E-state index in [-0.39, 0.29) is 6.04 Å². The quantitative estimate of drug-likeness (QED) is 0.245. The van der Waals surface area contributed by atoms with Gasteiger partial charge >= 0.3 is 0 Å². The molecule has 2 aliphatic heterocycles. The smallest absolute Gasteiger partial charge is 0.0797 e. The van der Waals surface area contributed by atoms with Crippen molar-refractivity contribution in [2.75, 3.05) is 4.90 Å². The van der Waals surface area contributed by atoms with Crippen LogP contribution in [0.1, 0.15) is 22.6 Å². The lowest BCUT2D eigenvalue weighted by atomic mass is 9.94. The van der Waals surface area contributed by atoms with Gasteiger partial charge in [0.2, 0.25) is 0 Å². The molecule has 4 nitrogen and oxygen atoms in total. The van der Waals surface area contributed by atoms with Gasteiger partial charge in [0, 0.05) is 52.4 Å². The van der Waals surface area contributed by atoms with E-state index in [0.29, 0.717) is 5.92 Å². The Bertz CT molecular complexity index is 1840. The number of rotatable bonds is 4. The van der Waals surface area contributed by atoms with Crippen LogP contribution < -0.4 is 4.90 Å². The van der Waals surface area contributed by atoms with Crippen molar-refractivity contribution in [2.24, 2.45) is 4.99 Å². The first-order valence-electron chi connectivity index (χ1n) is 13.4. The summed E-state index contributed by atoms with van der Waals surface area (Å²) in [6, 6.07) is 37.5. The van der Waals surface area contributed by atoms with Crippen LogP contribution in [0.5, 0.6) is 0 Å². The van der Waals surface area contributed by atoms with Crippen molar-refractivity contribution < 1.29 is 0 Å². The van der Waals surface area contributed by atoms with E-state index < -0.39 is 0 Å². The van der Waals surface area contributed by atoms with E-state index in [4.69, 9.17) is 0 Å². The molecule has 0 fully saturated rings. The monoisotopic (exact) mass is 502 g/mol. The van der Waals surface area contributed by atoms with Gasteiger partial charge in [-0.3, -0.25) is 9.98 Å². The lowest BCUT2D eigenvalue weighted by Gasteiger charge is -2.28. The highest BCUT2D eigenvalue weighted by Gasteiger charge is 2.37. The molecule has 0 aliphatic carbocycles. The van der Waals surface area contributed by atoms with Gasteiger partial charge < -0.3 is 9.47 Å². The van der Waals surface area contributed by atoms with E-state index in [9.17, 15) is 0 Å². The Morgan fingerprint density at radius 1 is 0.667 bits per heavy atom. The Hall–Kier alpha value is -4.96. The van der Waals surface area contributed by atoms with Gasteiger partial charge in [0.05, 0.1) is 23.3 Å². The summed E-state index contributed by atoms with van der Waals surface area (Å²) in [5.74, 6) is 0.349. The van der Waals surface area contributed by atoms with E-state index in [1.807, 2.05) is 18.6 Å². The zero-order valence-electron chi connectivity index (χ0n) is 21.4. The standard InChI is InChI=1S/C35H26N4/c1-3-7-32-28(5-1)30-17-19-36-22-34(30)38(32)26-13-9-24(10-14-26)21-25-11-15-27(16-12-25)39-33-8-4-2-6-29(33)31-18-20-37-23-35(31)39/h1-20,22-23,30,34H,21H2. The average molecular weight is 503 g/mol. The molecule has 6 aromatic rings. The lowest BCUT2D eigenvalue weighted by molar-refractivity contribution is 0.787. The van der Waals surface area contributed by atoms with Crippen molar-refractivity contribution in [2.45, 2.75) is 18.4 Å². The molecule has 0 spiro atoms. The van der Waals surface area contributed by atoms with Crippen molar-refractivity contribution >= 4 is 39.4 Å². The van der Waals surface area contributed by atoms with E-state index in [2.05, 4.69) is 135 Å². The van der Waals surface area contributed by atoms with Crippen LogP contribution in [0.4, 0.5) is 11.4 Å². The van der Waals surface area contributed by atoms with Crippen molar-refractivity contribution in [1.82, 2.24) is 9.55 Å². The zero-order chi connectivity index (χ0) is 25.8. The maximum absolute atomic E-state index is 4.46. The third-order valence-electron chi connectivity index (χ3n) is 8.13. The van der Waals surface area contributed by atoms with Crippen LogP contribution in [0.3, 0.4) is 0 Å². The Kier molecular flexibility index (Phi) is 4.99. The highest BCUT2D eigenvalue weighted by Crippen LogP contribution is 2.46. The van der Waals surface area contributed by atoms with Gasteiger partial charge in [-0.15, -0.1) is 0 Å². The molecular weight excluding hydrogens is 476 g/mol. The van der Waals surface area contributed by atoms with Crippen LogP contribution in [0.25, 0.3) is 27.5 Å². The molecule has 0 saturated heterocycles. The largest absolute Gasteiger partial charge is 0.332 e. The molecule has 4 aromatic carbocycles. The minimum absolute atomic E-state index is 0.224. The SMILES string of the molecule is C1=CC2c3ccccc3N(c3ccc(Cc4ccc(-n5c6ccccc6c6ccncc65)cc4)cc3)C2C=N1. The summed E-state index contributed by atoms with van der Waals surface area (Å²) in [5, 5.41) is 2.48. The summed E-state index contributed by atoms with van der Waals surface area (Å²) in [4.78, 5) is 11.3. The van der Waals surface area contributed by atoms with Crippen molar-refractivity contribution in [3.05, 3.63) is 144 Å². The summed E-state index contributed by atoms with van der Waals surface area (Å²) in [6.07, 6.45) is 10.9. The summed E-state index contributed by atoms with van der Waals surface area (Å²) in [7, 11) is 0.